The van der Waals surface area contributed by atoms with E-state index >= 15 is 0 Å². The van der Waals surface area contributed by atoms with Gasteiger partial charge in [0.25, 0.3) is 0 Å². The van der Waals surface area contributed by atoms with Crippen LogP contribution in [0.25, 0.3) is 0 Å². The number of fused-ring (bicyclic) bond motifs is 1. The standard InChI is InChI=1S/C18H15FN2O.C16H16FN3.25K.H/c1-2-9-21(12-13-3-6-15(19)7-4-13)16-8-5-14-10-18(22)20-17(14)11-16;1-2-9-20(11-12-3-5-13(17)6-4-12)14-7-8-15(18)16(19)10-14;;;;;;;;;;;;;;;;;;;;;;;;;;/h1,3-8,11H,9-10,12H2,(H,20,22);1,3-8,10H,9,11,18-19H2;;;;;;;;;;;;;;;;;;;;;;;;;;/q;;;;;;;;;;;;;;;;;;;;;;;;;;+1;-1. The molecule has 238 valence electrons. The molecule has 5 rings (SSSR count). The molecule has 0 aliphatic carbocycles. The third-order valence-electron chi connectivity index (χ3n) is 6.66. The number of nitrogens with two attached hydrogens (primary N) is 2. The summed E-state index contributed by atoms with van der Waals surface area (Å²) in [6.45, 7) is 2.02. The molecule has 0 atom stereocenters. The van der Waals surface area contributed by atoms with Crippen LogP contribution < -0.4 is 78.0 Å². The topological polar surface area (TPSA) is 87.6 Å². The average molecular weight is 1540 g/mol. The Labute approximate surface area is 994 Å². The minimum atomic E-state index is -0.257. The van der Waals surface area contributed by atoms with Crippen LogP contribution in [0.5, 0.6) is 0 Å². The summed E-state index contributed by atoms with van der Waals surface area (Å²) in [7, 11) is 0. The predicted molar refractivity (Wildman–Crippen MR) is 306 cm³/mol. The number of carbonyl (C=O) groups is 1. The first-order chi connectivity index (χ1) is 32.2. The van der Waals surface area contributed by atoms with Crippen LogP contribution in [-0.4, -0.2) is 777 Å². The van der Waals surface area contributed by atoms with Crippen molar-refractivity contribution < 1.29 is 66.4 Å². The Morgan fingerprint density at radius 1 is 0.507 bits per heavy atom. The van der Waals surface area contributed by atoms with Gasteiger partial charge >= 0.3 is 809 Å². The van der Waals surface area contributed by atoms with Gasteiger partial charge in [0.1, 0.15) is 11.6 Å². The fourth-order valence-electron chi connectivity index (χ4n) is 4.48. The van der Waals surface area contributed by atoms with Crippen molar-refractivity contribution in [2.75, 3.05) is 39.7 Å². The van der Waals surface area contributed by atoms with Gasteiger partial charge < -0.3 is 28.0 Å². The molecule has 1 amide bonds. The summed E-state index contributed by atoms with van der Waals surface area (Å²) in [5.74, 6) is 4.75. The second-order valence-corrected chi connectivity index (χ2v) is 9.75. The Kier molecular flexibility index (Phi) is 203. The number of nitrogen functional groups attached to an aromatic ring is 2. The number of rotatable bonds is 8. The number of carbonyl (C=O) groups excluding carboxylic acids is 1. The molecule has 67 heavy (non-hydrogen) atoms. The number of hydrogen-bond donors (Lipinski definition) is 3. The summed E-state index contributed by atoms with van der Waals surface area (Å²) < 4.78 is 25.9. The Balaban J connectivity index is -0.0000000723. The zero-order chi connectivity index (χ0) is 54.1. The van der Waals surface area contributed by atoms with Gasteiger partial charge in [-0.05, 0) is 71.3 Å². The van der Waals surface area contributed by atoms with E-state index in [9.17, 15) is 13.6 Å². The number of amides is 1. The molecule has 6 nitrogen and oxygen atoms in total. The Bertz CT molecular complexity index is 1690. The van der Waals surface area contributed by atoms with Crippen molar-refractivity contribution >= 4 is 792 Å². The van der Waals surface area contributed by atoms with Gasteiger partial charge in [0.05, 0.1) is 30.9 Å². The molecule has 0 fully saturated rings. The molecule has 0 bridgehead atoms. The average Bonchev–Trinajstić information content (AvgIpc) is 3.80. The molecule has 33 heteroatoms. The number of nitrogens with zero attached hydrogens (tertiary/aromatic N) is 2. The van der Waals surface area contributed by atoms with Gasteiger partial charge in [0, 0.05) is 30.2 Å². The third kappa shape index (κ3) is 80.8. The first kappa shape index (κ1) is 123. The van der Waals surface area contributed by atoms with E-state index in [1.807, 2.05) is 34.1 Å². The maximum absolute atomic E-state index is 13.0. The summed E-state index contributed by atoms with van der Waals surface area (Å²) in [5, 5.41) is 2.84. The van der Waals surface area contributed by atoms with Crippen molar-refractivity contribution in [3.63, 3.8) is 0 Å². The molecule has 0 saturated heterocycles. The first-order valence-electron chi connectivity index (χ1n) is 25.2. The summed E-state index contributed by atoms with van der Waals surface area (Å²) >= 11 is 30.0. The maximum atomic E-state index is 13.0. The molecule has 0 unspecified atom stereocenters. The van der Waals surface area contributed by atoms with Crippen molar-refractivity contribution in [1.82, 2.24) is 0 Å². The van der Waals surface area contributed by atoms with Gasteiger partial charge in [0.15, 0.2) is 0 Å². The van der Waals surface area contributed by atoms with Gasteiger partial charge in [-0.2, -0.15) is 0 Å². The van der Waals surface area contributed by atoms with E-state index in [-0.39, 0.29) is 70.4 Å². The zero-order valence-corrected chi connectivity index (χ0v) is 126. The number of hydrogen-bond acceptors (Lipinski definition) is 5. The monoisotopic (exact) mass is 1540 g/mol. The van der Waals surface area contributed by atoms with Crippen molar-refractivity contribution in [3.05, 3.63) is 113 Å². The fraction of sp³-hybridized carbons (Fsp3) is 0.147. The van der Waals surface area contributed by atoms with Crippen LogP contribution in [0.1, 0.15) is 18.1 Å². The van der Waals surface area contributed by atoms with Crippen molar-refractivity contribution in [2.24, 2.45) is 0 Å². The van der Waals surface area contributed by atoms with Gasteiger partial charge in [-0.1, -0.05) is 42.2 Å². The fourth-order valence-corrected chi connectivity index (χ4v) is 4.48. The molecular formula is C34H32F2K25N5O. The zero-order valence-electron chi connectivity index (χ0n) is 49.0. The van der Waals surface area contributed by atoms with Crippen LogP contribution >= 0.6 is 0 Å². The predicted octanol–water partition coefficient (Wildman–Crippen LogP) is -6.43. The molecule has 0 radical (unpaired) electrons. The molecular weight excluding hydrogens is 1510 g/mol. The van der Waals surface area contributed by atoms with E-state index in [0.29, 0.717) is 44.0 Å². The van der Waals surface area contributed by atoms with Gasteiger partial charge in [-0.3, -0.25) is 4.79 Å². The molecule has 1 aliphatic rings. The number of anilines is 5. The number of nitrogens with one attached hydrogen (secondary N) is 1. The molecule has 1 aliphatic heterocycles. The molecule has 1 heterocycles. The normalized spacial score (nSPS) is 8.51. The Hall–Kier alpha value is 35.4. The molecule has 0 aromatic heterocycles. The number of benzene rings is 4. The van der Waals surface area contributed by atoms with E-state index in [1.165, 1.54) is 782 Å². The molecule has 0 spiro atoms. The van der Waals surface area contributed by atoms with Gasteiger partial charge in [0.2, 0.25) is 5.91 Å². The number of terminal acetylenes is 2. The van der Waals surface area contributed by atoms with Crippen molar-refractivity contribution in [3.8, 4) is 24.7 Å². The van der Waals surface area contributed by atoms with E-state index in [0.717, 1.165) is 33.8 Å². The third-order valence-corrected chi connectivity index (χ3v) is 6.66. The van der Waals surface area contributed by atoms with Crippen LogP contribution in [0.3, 0.4) is 0 Å². The van der Waals surface area contributed by atoms with Crippen LogP contribution in [0.4, 0.5) is 37.2 Å². The molecule has 4 aromatic carbocycles. The second-order valence-electron chi connectivity index (χ2n) is 9.75. The first-order valence-corrected chi connectivity index (χ1v) is 217. The van der Waals surface area contributed by atoms with E-state index < -0.39 is 0 Å². The van der Waals surface area contributed by atoms with Crippen molar-refractivity contribution in [2.45, 2.75) is 19.5 Å². The van der Waals surface area contributed by atoms with Crippen LogP contribution in [-0.2, 0) is 24.3 Å². The molecule has 4 aromatic rings. The summed E-state index contributed by atoms with van der Waals surface area (Å²) in [6, 6.07) is 23.9. The number of halogens is 2. The Morgan fingerprint density at radius 3 is 1.13 bits per heavy atom. The van der Waals surface area contributed by atoms with E-state index in [1.54, 1.807) is 36.4 Å². The molecule has 5 N–H and O–H groups in total. The van der Waals surface area contributed by atoms with Gasteiger partial charge in [-0.25, -0.2) is 8.78 Å². The summed E-state index contributed by atoms with van der Waals surface area (Å²) in [6.07, 6.45) is 11.3. The van der Waals surface area contributed by atoms with E-state index in [2.05, 4.69) is 17.2 Å². The summed E-state index contributed by atoms with van der Waals surface area (Å²) in [5.41, 5.74) is 18.2. The van der Waals surface area contributed by atoms with Crippen LogP contribution in [0.15, 0.2) is 84.9 Å². The van der Waals surface area contributed by atoms with Gasteiger partial charge in [-0.15, -0.1) is 12.8 Å². The van der Waals surface area contributed by atoms with Crippen molar-refractivity contribution in [1.29, 1.82) is 0 Å². The van der Waals surface area contributed by atoms with Crippen LogP contribution in [0, 0.1) is 36.3 Å². The SMILES string of the molecule is C#CCN(Cc1ccc(F)cc1)c1ccc(N)c(N)c1.C#CCN(Cc1ccc(F)cc1)c1ccc2c(c1)NC(=O)C2.[H-].[K+].[K][K].[K][K].[K][K].[K][K].[K][K].[K][K].[K][K].[K][K].[K][K].[K][K].[K][K].[K][K]. The molecule has 0 saturated carbocycles. The van der Waals surface area contributed by atoms with Crippen LogP contribution in [0.2, 0.25) is 0 Å². The minimum absolute atomic E-state index is 0. The quantitative estimate of drug-likeness (QED) is 0.0931. The second kappa shape index (κ2) is 110. The Morgan fingerprint density at radius 2 is 0.821 bits per heavy atom. The summed E-state index contributed by atoms with van der Waals surface area (Å²) in [4.78, 5) is 15.4. The van der Waals surface area contributed by atoms with E-state index in [4.69, 9.17) is 24.3 Å².